The molecule has 9 aromatic heterocycles. The average molecular weight is 1520 g/mol. The Labute approximate surface area is 661 Å². The van der Waals surface area contributed by atoms with E-state index < -0.39 is 0 Å². The average Bonchev–Trinajstić information content (AvgIpc) is 1.54. The molecule has 9 heteroatoms. The number of fused-ring (bicyclic) bond motifs is 18. The van der Waals surface area contributed by atoms with Crippen LogP contribution in [-0.2, 0) is 0 Å². The standard InChI is InChI=1S/C36H15N3.C36H12O3.C36H12S3/c3*1-4-13-19-10-38-35-17-8-3-6-15-21-12-39-36-18-9-2-5-14-20-11-37-34-16(7-1)22(13)28-31(25(19)35)29(24(15)17)33(27(21)36)30(23(14)18)32(28)26(20)34/h1-12,37-39H;2*1-12H. The number of hydrogen-bond acceptors (Lipinski definition) is 6. The highest BCUT2D eigenvalue weighted by molar-refractivity contribution is 7.21. The minimum Gasteiger partial charge on any atom is -0.463 e. The maximum Gasteiger partial charge on any atom is 0.143 e. The van der Waals surface area contributed by atoms with Crippen LogP contribution in [0.3, 0.4) is 0 Å². The van der Waals surface area contributed by atoms with Crippen molar-refractivity contribution in [3.63, 3.8) is 0 Å². The van der Waals surface area contributed by atoms with Gasteiger partial charge in [0.05, 0.1) is 35.3 Å². The van der Waals surface area contributed by atoms with Gasteiger partial charge in [-0.15, -0.1) is 34.0 Å². The van der Waals surface area contributed by atoms with Crippen molar-refractivity contribution >= 4 is 421 Å². The first kappa shape index (κ1) is 55.0. The first-order valence-corrected chi connectivity index (χ1v) is 43.2. The zero-order valence-electron chi connectivity index (χ0n) is 60.7. The van der Waals surface area contributed by atoms with Crippen molar-refractivity contribution < 1.29 is 13.3 Å². The molecule has 117 heavy (non-hydrogen) atoms. The number of rotatable bonds is 0. The Balaban J connectivity index is 0.0000000790. The second-order valence-corrected chi connectivity index (χ2v) is 37.4. The Kier molecular flexibility index (Phi) is 7.92. The smallest absolute Gasteiger partial charge is 0.143 e. The fourth-order valence-corrected chi connectivity index (χ4v) is 30.6. The molecular weight excluding hydrogens is 1480 g/mol. The van der Waals surface area contributed by atoms with E-state index in [4.69, 9.17) is 13.3 Å². The molecule has 0 atom stereocenters. The Morgan fingerprint density at radius 3 is 0.632 bits per heavy atom. The predicted octanol–water partition coefficient (Wildman–Crippen LogP) is 33.4. The Hall–Kier alpha value is -14.6. The molecule has 0 amide bonds. The Morgan fingerprint density at radius 1 is 0.154 bits per heavy atom. The highest BCUT2D eigenvalue weighted by Gasteiger charge is 2.39. The second-order valence-electron chi connectivity index (χ2n) is 34.8. The third-order valence-electron chi connectivity index (χ3n) is 30.9. The number of H-pyrrole nitrogens is 3. The van der Waals surface area contributed by atoms with E-state index in [1.165, 1.54) is 370 Å². The molecule has 30 aromatic carbocycles. The zero-order chi connectivity index (χ0) is 73.4. The molecule has 0 saturated carbocycles. The summed E-state index contributed by atoms with van der Waals surface area (Å²) in [6.07, 6.45) is 12.7. The van der Waals surface area contributed by atoms with Gasteiger partial charge in [-0.3, -0.25) is 0 Å². The van der Waals surface area contributed by atoms with Gasteiger partial charge in [-0.25, -0.2) is 0 Å². The van der Waals surface area contributed by atoms with Gasteiger partial charge in [0.1, 0.15) is 16.7 Å². The number of aromatic amines is 3. The molecule has 0 aliphatic heterocycles. The predicted molar refractivity (Wildman–Crippen MR) is 504 cm³/mol. The molecule has 3 N–H and O–H groups in total. The Bertz CT molecular complexity index is 8910. The maximum absolute atomic E-state index is 6.49. The summed E-state index contributed by atoms with van der Waals surface area (Å²) in [5, 5.41) is 93.4. The lowest BCUT2D eigenvalue weighted by atomic mass is 9.76. The van der Waals surface area contributed by atoms with Gasteiger partial charge in [-0.2, -0.15) is 0 Å². The summed E-state index contributed by atoms with van der Waals surface area (Å²) in [6.45, 7) is 0. The van der Waals surface area contributed by atoms with Crippen LogP contribution in [0.15, 0.2) is 231 Å². The van der Waals surface area contributed by atoms with Gasteiger partial charge in [0.2, 0.25) is 0 Å². The van der Waals surface area contributed by atoms with Crippen LogP contribution >= 0.6 is 34.0 Å². The minimum atomic E-state index is 0.979. The van der Waals surface area contributed by atoms with Gasteiger partial charge in [-0.05, 0) is 80.8 Å². The van der Waals surface area contributed by atoms with Gasteiger partial charge in [0.15, 0.2) is 0 Å². The molecule has 0 saturated heterocycles. The van der Waals surface area contributed by atoms with Crippen molar-refractivity contribution in [2.24, 2.45) is 0 Å². The number of aromatic nitrogens is 3. The summed E-state index contributed by atoms with van der Waals surface area (Å²) in [7, 11) is 0. The lowest BCUT2D eigenvalue weighted by Gasteiger charge is -2.25. The van der Waals surface area contributed by atoms with E-state index in [0.29, 0.717) is 0 Å². The molecule has 0 bridgehead atoms. The van der Waals surface area contributed by atoms with Gasteiger partial charge in [-0.1, -0.05) is 164 Å². The van der Waals surface area contributed by atoms with Gasteiger partial charge in [0.25, 0.3) is 0 Å². The van der Waals surface area contributed by atoms with Crippen molar-refractivity contribution in [1.82, 2.24) is 15.0 Å². The molecule has 0 unspecified atom stereocenters. The fourth-order valence-electron chi connectivity index (χ4n) is 27.3. The van der Waals surface area contributed by atoms with E-state index in [2.05, 4.69) is 213 Å². The lowest BCUT2D eigenvalue weighted by molar-refractivity contribution is 0.622. The highest BCUT2D eigenvalue weighted by Crippen LogP contribution is 2.67. The first-order valence-electron chi connectivity index (χ1n) is 40.5. The normalized spacial score (nSPS) is 14.2. The first-order chi connectivity index (χ1) is 58.2. The summed E-state index contributed by atoms with van der Waals surface area (Å²) < 4.78 is 23.8. The quantitative estimate of drug-likeness (QED) is 0.104. The minimum absolute atomic E-state index is 0.979. The van der Waals surface area contributed by atoms with Gasteiger partial charge < -0.3 is 28.2 Å². The largest absolute Gasteiger partial charge is 0.463 e. The molecule has 0 aliphatic rings. The number of thiophene rings is 3. The third kappa shape index (κ3) is 5.08. The maximum atomic E-state index is 6.49. The van der Waals surface area contributed by atoms with E-state index in [1.807, 2.05) is 52.8 Å². The fraction of sp³-hybridized carbons (Fsp3) is 0. The van der Waals surface area contributed by atoms with Crippen molar-refractivity contribution in [3.05, 3.63) is 217 Å². The van der Waals surface area contributed by atoms with Crippen LogP contribution in [0.25, 0.3) is 387 Å². The van der Waals surface area contributed by atoms with Crippen LogP contribution in [0.5, 0.6) is 0 Å². The molecule has 6 nitrogen and oxygen atoms in total. The summed E-state index contributed by atoms with van der Waals surface area (Å²) in [6, 6.07) is 61.7. The van der Waals surface area contributed by atoms with Crippen molar-refractivity contribution in [3.8, 4) is 0 Å². The topological polar surface area (TPSA) is 86.8 Å². The summed E-state index contributed by atoms with van der Waals surface area (Å²) >= 11 is 5.83. The molecule has 39 rings (SSSR count). The van der Waals surface area contributed by atoms with Crippen molar-refractivity contribution in [2.75, 3.05) is 0 Å². The van der Waals surface area contributed by atoms with Crippen LogP contribution in [-0.4, -0.2) is 15.0 Å². The number of hydrogen-bond donors (Lipinski definition) is 3. The molecule has 9 heterocycles. The van der Waals surface area contributed by atoms with Crippen LogP contribution in [0, 0.1) is 0 Å². The third-order valence-corrected chi connectivity index (χ3v) is 33.9. The monoisotopic (exact) mass is 1520 g/mol. The Morgan fingerprint density at radius 2 is 0.350 bits per heavy atom. The summed E-state index contributed by atoms with van der Waals surface area (Å²) in [5.74, 6) is 0. The van der Waals surface area contributed by atoms with E-state index >= 15 is 0 Å². The summed E-state index contributed by atoms with van der Waals surface area (Å²) in [4.78, 5) is 11.3. The molecule has 0 spiro atoms. The highest BCUT2D eigenvalue weighted by atomic mass is 32.1. The van der Waals surface area contributed by atoms with Crippen molar-refractivity contribution in [1.29, 1.82) is 0 Å². The SMILES string of the molecule is c1cc2c3c[nH]c4c5cccc6c7c[nH]c8c9cccc%10c%11c[nH]c%12c(c1)c2c1c(c34)c(c65)c(c78)c(c%109)c1c%11%12.c1cc2c3coc4c5cccc6c7coc8c9cccc%10c%11coc%12c(c1)c2c1c(c34)c(c65)c(c78)c(c%109)c1c%11%12.c1cc2c3csc4c5cccc6c7csc8c9cccc%10c%11csc%12c(c1)c2c1c(c34)c(c65)c(c78)c(c%109)c1c%11%12. The van der Waals surface area contributed by atoms with Crippen LogP contribution in [0.1, 0.15) is 0 Å². The van der Waals surface area contributed by atoms with Crippen LogP contribution in [0.2, 0.25) is 0 Å². The van der Waals surface area contributed by atoms with Crippen LogP contribution in [0.4, 0.5) is 0 Å². The zero-order valence-corrected chi connectivity index (χ0v) is 63.2. The summed E-state index contributed by atoms with van der Waals surface area (Å²) in [5.41, 5.74) is 6.73. The molecule has 0 aliphatic carbocycles. The number of nitrogens with one attached hydrogen (secondary N) is 3. The van der Waals surface area contributed by atoms with Gasteiger partial charge in [0, 0.05) is 307 Å². The number of benzene rings is 30. The molecule has 0 radical (unpaired) electrons. The van der Waals surface area contributed by atoms with E-state index in [-0.39, 0.29) is 0 Å². The van der Waals surface area contributed by atoms with E-state index in [9.17, 15) is 0 Å². The second kappa shape index (κ2) is 16.8. The molecule has 522 valence electrons. The lowest BCUT2D eigenvalue weighted by Crippen LogP contribution is -1.97. The number of furan rings is 3. The van der Waals surface area contributed by atoms with Gasteiger partial charge >= 0.3 is 0 Å². The van der Waals surface area contributed by atoms with Crippen molar-refractivity contribution in [2.45, 2.75) is 0 Å². The van der Waals surface area contributed by atoms with Crippen LogP contribution < -0.4 is 0 Å². The van der Waals surface area contributed by atoms with E-state index in [1.54, 1.807) is 0 Å². The van der Waals surface area contributed by atoms with E-state index in [0.717, 1.165) is 16.7 Å². The molecule has 39 aromatic rings. The molecular formula is C108H39N3O3S3. The molecule has 0 fully saturated rings.